The molecular formula is C15H26IN2O3-. The van der Waals surface area contributed by atoms with E-state index in [4.69, 9.17) is 0 Å². The summed E-state index contributed by atoms with van der Waals surface area (Å²) in [6.07, 6.45) is 5.80. The molecule has 1 saturated heterocycles. The summed E-state index contributed by atoms with van der Waals surface area (Å²) in [7, 11) is 0. The molecule has 1 saturated carbocycles. The summed E-state index contributed by atoms with van der Waals surface area (Å²) in [5.74, 6) is 1.01. The van der Waals surface area contributed by atoms with E-state index in [1.807, 2.05) is 0 Å². The van der Waals surface area contributed by atoms with E-state index in [1.165, 1.54) is 19.3 Å². The Balaban J connectivity index is 1.81. The molecule has 3 unspecified atom stereocenters. The van der Waals surface area contributed by atoms with Crippen LogP contribution < -0.4 is 0 Å². The molecule has 0 aromatic carbocycles. The number of piperidine rings is 1. The molecule has 0 spiro atoms. The van der Waals surface area contributed by atoms with E-state index >= 15 is 0 Å². The van der Waals surface area contributed by atoms with Crippen molar-refractivity contribution in [2.75, 3.05) is 19.6 Å². The Bertz CT molecular complexity index is 346. The average Bonchev–Trinajstić information content (AvgIpc) is 2.48. The average molecular weight is 409 g/mol. The number of rotatable bonds is 5. The van der Waals surface area contributed by atoms with Gasteiger partial charge in [0.1, 0.15) is 5.78 Å². The lowest BCUT2D eigenvalue weighted by Gasteiger charge is -2.40. The first-order valence-electron chi connectivity index (χ1n) is 8.05. The van der Waals surface area contributed by atoms with E-state index < -0.39 is 6.04 Å². The number of hydrogen-bond donors (Lipinski definition) is 1. The van der Waals surface area contributed by atoms with Gasteiger partial charge in [0, 0.05) is 15.9 Å². The second kappa shape index (κ2) is 8.19. The number of alkyl halides is 1. The third-order valence-corrected chi connectivity index (χ3v) is 6.59. The summed E-state index contributed by atoms with van der Waals surface area (Å²) in [6, 6.07) is -0.431. The number of hydrogen-bond acceptors (Lipinski definition) is 5. The third kappa shape index (κ3) is 4.86. The molecule has 0 radical (unpaired) electrons. The summed E-state index contributed by atoms with van der Waals surface area (Å²) in [5, 5.41) is 20.4. The largest absolute Gasteiger partial charge is 0.762 e. The summed E-state index contributed by atoms with van der Waals surface area (Å²) in [5.41, 5.74) is 0. The van der Waals surface area contributed by atoms with Crippen LogP contribution in [0.1, 0.15) is 45.4 Å². The lowest BCUT2D eigenvalue weighted by Crippen LogP contribution is -2.45. The molecule has 2 rings (SSSR count). The predicted octanol–water partition coefficient (Wildman–Crippen LogP) is 2.84. The van der Waals surface area contributed by atoms with Gasteiger partial charge in [0.05, 0.1) is 6.54 Å². The highest BCUT2D eigenvalue weighted by Gasteiger charge is 2.33. The van der Waals surface area contributed by atoms with Crippen LogP contribution in [0.4, 0.5) is 0 Å². The molecule has 2 aliphatic rings. The standard InChI is InChI=1S/C15H26IN2O3/c1-2-11-5-7-17(8-6-11)10-15(19)12-3-4-13(16)14(9-12)18(20)21/h11-14,20H,2-10H2,1H3/q-1. The molecule has 5 nitrogen and oxygen atoms in total. The zero-order valence-electron chi connectivity index (χ0n) is 12.7. The third-order valence-electron chi connectivity index (χ3n) is 5.14. The minimum atomic E-state index is -0.431. The molecule has 1 aliphatic carbocycles. The van der Waals surface area contributed by atoms with Gasteiger partial charge in [0.25, 0.3) is 0 Å². The topological polar surface area (TPSA) is 66.8 Å². The fraction of sp³-hybridized carbons (Fsp3) is 0.933. The van der Waals surface area contributed by atoms with Crippen LogP contribution in [0.25, 0.3) is 0 Å². The van der Waals surface area contributed by atoms with Crippen molar-refractivity contribution in [3.05, 3.63) is 5.21 Å². The van der Waals surface area contributed by atoms with Gasteiger partial charge in [0.15, 0.2) is 0 Å². The van der Waals surface area contributed by atoms with E-state index in [9.17, 15) is 15.2 Å². The molecule has 0 aromatic rings. The van der Waals surface area contributed by atoms with Crippen LogP contribution in [-0.2, 0) is 4.79 Å². The molecule has 122 valence electrons. The first-order valence-corrected chi connectivity index (χ1v) is 9.30. The maximum absolute atomic E-state index is 12.4. The van der Waals surface area contributed by atoms with Gasteiger partial charge >= 0.3 is 0 Å². The first kappa shape index (κ1) is 17.6. The van der Waals surface area contributed by atoms with E-state index in [-0.39, 0.29) is 20.9 Å². The van der Waals surface area contributed by atoms with Gasteiger partial charge in [-0.15, -0.1) is 0 Å². The Morgan fingerprint density at radius 2 is 2.00 bits per heavy atom. The number of ketones is 1. The van der Waals surface area contributed by atoms with Gasteiger partial charge in [-0.3, -0.25) is 14.9 Å². The zero-order chi connectivity index (χ0) is 15.4. The number of Topliss-reactive ketones (excluding diaryl/α,β-unsaturated/α-hetero) is 1. The van der Waals surface area contributed by atoms with Crippen LogP contribution in [-0.4, -0.2) is 50.7 Å². The van der Waals surface area contributed by atoms with Crippen molar-refractivity contribution in [2.45, 2.75) is 55.4 Å². The van der Waals surface area contributed by atoms with Crippen LogP contribution in [0.15, 0.2) is 0 Å². The smallest absolute Gasteiger partial charge is 0.149 e. The van der Waals surface area contributed by atoms with Crippen molar-refractivity contribution in [1.82, 2.24) is 10.1 Å². The Morgan fingerprint density at radius 1 is 1.33 bits per heavy atom. The maximum Gasteiger partial charge on any atom is 0.149 e. The van der Waals surface area contributed by atoms with Gasteiger partial charge in [-0.1, -0.05) is 35.9 Å². The van der Waals surface area contributed by atoms with Crippen LogP contribution in [0.2, 0.25) is 0 Å². The van der Waals surface area contributed by atoms with E-state index in [1.54, 1.807) is 0 Å². The summed E-state index contributed by atoms with van der Waals surface area (Å²) in [4.78, 5) is 14.7. The number of carbonyl (C=O) groups excluding carboxylic acids is 1. The fourth-order valence-electron chi connectivity index (χ4n) is 3.53. The minimum absolute atomic E-state index is 0.0588. The lowest BCUT2D eigenvalue weighted by molar-refractivity contribution is -0.129. The number of carbonyl (C=O) groups is 1. The molecular weight excluding hydrogens is 383 g/mol. The van der Waals surface area contributed by atoms with Crippen molar-refractivity contribution in [3.8, 4) is 0 Å². The Hall–Kier alpha value is 0.240. The van der Waals surface area contributed by atoms with Crippen LogP contribution >= 0.6 is 22.6 Å². The normalized spacial score (nSPS) is 32.5. The highest BCUT2D eigenvalue weighted by atomic mass is 127. The predicted molar refractivity (Wildman–Crippen MR) is 90.4 cm³/mol. The van der Waals surface area contributed by atoms with Crippen molar-refractivity contribution in [2.24, 2.45) is 11.8 Å². The molecule has 1 heterocycles. The number of likely N-dealkylation sites (tertiary alicyclic amines) is 1. The number of hydroxylamine groups is 2. The monoisotopic (exact) mass is 409 g/mol. The second-order valence-corrected chi connectivity index (χ2v) is 8.09. The van der Waals surface area contributed by atoms with Gasteiger partial charge in [-0.25, -0.2) is 0 Å². The molecule has 0 amide bonds. The van der Waals surface area contributed by atoms with E-state index in [0.29, 0.717) is 13.0 Å². The lowest BCUT2D eigenvalue weighted by atomic mass is 9.83. The fourth-order valence-corrected chi connectivity index (χ4v) is 4.46. The van der Waals surface area contributed by atoms with Gasteiger partial charge in [-0.2, -0.15) is 0 Å². The second-order valence-electron chi connectivity index (χ2n) is 6.49. The summed E-state index contributed by atoms with van der Waals surface area (Å²) >= 11 is 2.21. The van der Waals surface area contributed by atoms with E-state index in [0.717, 1.165) is 31.8 Å². The van der Waals surface area contributed by atoms with E-state index in [2.05, 4.69) is 34.4 Å². The van der Waals surface area contributed by atoms with Crippen molar-refractivity contribution in [3.63, 3.8) is 0 Å². The quantitative estimate of drug-likeness (QED) is 0.430. The molecule has 0 aromatic heterocycles. The SMILES string of the molecule is CCC1CCN(CC(=O)C2CCC(I)C(N([O-])O)C2)CC1. The van der Waals surface area contributed by atoms with Crippen molar-refractivity contribution in [1.29, 1.82) is 0 Å². The molecule has 0 bridgehead atoms. The molecule has 6 heteroatoms. The highest BCUT2D eigenvalue weighted by Crippen LogP contribution is 2.32. The van der Waals surface area contributed by atoms with Gasteiger partial charge < -0.3 is 10.4 Å². The molecule has 1 aliphatic heterocycles. The zero-order valence-corrected chi connectivity index (χ0v) is 14.9. The Kier molecular flexibility index (Phi) is 6.86. The van der Waals surface area contributed by atoms with Crippen molar-refractivity contribution < 1.29 is 10.0 Å². The summed E-state index contributed by atoms with van der Waals surface area (Å²) < 4.78 is 0.134. The molecule has 21 heavy (non-hydrogen) atoms. The van der Waals surface area contributed by atoms with Crippen molar-refractivity contribution >= 4 is 28.4 Å². The van der Waals surface area contributed by atoms with Gasteiger partial charge in [-0.05, 0) is 51.1 Å². The minimum Gasteiger partial charge on any atom is -0.762 e. The molecule has 3 atom stereocenters. The Morgan fingerprint density at radius 3 is 2.57 bits per heavy atom. The van der Waals surface area contributed by atoms with Crippen LogP contribution in [0.3, 0.4) is 0 Å². The highest BCUT2D eigenvalue weighted by molar-refractivity contribution is 14.1. The first-order chi connectivity index (χ1) is 10.0. The molecule has 1 N–H and O–H groups in total. The maximum atomic E-state index is 12.4. The summed E-state index contributed by atoms with van der Waals surface area (Å²) in [6.45, 7) is 4.79. The van der Waals surface area contributed by atoms with Crippen LogP contribution in [0, 0.1) is 17.0 Å². The number of halogens is 1. The van der Waals surface area contributed by atoms with Crippen LogP contribution in [0.5, 0.6) is 0 Å². The Labute approximate surface area is 140 Å². The number of nitrogens with zero attached hydrogens (tertiary/aromatic N) is 2. The van der Waals surface area contributed by atoms with Gasteiger partial charge in [0.2, 0.25) is 0 Å². The molecule has 2 fully saturated rings.